The molecule has 5 nitrogen and oxygen atoms in total. The minimum Gasteiger partial charge on any atom is -0.384 e. The van der Waals surface area contributed by atoms with Gasteiger partial charge in [0.2, 0.25) is 0 Å². The Kier molecular flexibility index (Phi) is 2.62. The predicted molar refractivity (Wildman–Crippen MR) is 63.5 cm³/mol. The number of hydrogen-bond donors (Lipinski definition) is 3. The number of nitrogens with two attached hydrogens (primary N) is 2. The molecule has 2 heterocycles. The number of nitrogens with one attached hydrogen (secondary N) is 1. The molecule has 1 aromatic rings. The zero-order valence-corrected chi connectivity index (χ0v) is 9.14. The Morgan fingerprint density at radius 2 is 2.31 bits per heavy atom. The summed E-state index contributed by atoms with van der Waals surface area (Å²) in [7, 11) is 0. The lowest BCUT2D eigenvalue weighted by Crippen LogP contribution is -2.54. The van der Waals surface area contributed by atoms with Crippen molar-refractivity contribution in [3.63, 3.8) is 0 Å². The maximum Gasteiger partial charge on any atom is 0.189 e. The lowest BCUT2D eigenvalue weighted by atomic mass is 10.1. The molecule has 5 N–H and O–H groups in total. The third-order valence-corrected chi connectivity index (χ3v) is 2.34. The van der Waals surface area contributed by atoms with Crippen LogP contribution in [0.4, 0.5) is 0 Å². The molecule has 16 heavy (non-hydrogen) atoms. The molecule has 1 aliphatic rings. The van der Waals surface area contributed by atoms with Crippen molar-refractivity contribution in [3.8, 4) is 0 Å². The number of aryl methyl sites for hydroxylation is 1. The Hall–Kier alpha value is -1.88. The van der Waals surface area contributed by atoms with Gasteiger partial charge < -0.3 is 11.1 Å². The highest BCUT2D eigenvalue weighted by molar-refractivity contribution is 5.92. The van der Waals surface area contributed by atoms with E-state index in [9.17, 15) is 0 Å². The minimum atomic E-state index is -0.889. The summed E-state index contributed by atoms with van der Waals surface area (Å²) in [5.74, 6) is -0.464. The van der Waals surface area contributed by atoms with E-state index in [0.29, 0.717) is 12.3 Å². The van der Waals surface area contributed by atoms with Gasteiger partial charge in [-0.2, -0.15) is 0 Å². The predicted octanol–water partition coefficient (Wildman–Crippen LogP) is 0.0191. The summed E-state index contributed by atoms with van der Waals surface area (Å²) in [4.78, 5) is 8.42. The fourth-order valence-corrected chi connectivity index (χ4v) is 1.63. The molecule has 0 fully saturated rings. The van der Waals surface area contributed by atoms with E-state index in [4.69, 9.17) is 11.5 Å². The molecular weight excluding hydrogens is 202 g/mol. The summed E-state index contributed by atoms with van der Waals surface area (Å²) in [5.41, 5.74) is 13.7. The molecule has 2 rings (SSSR count). The van der Waals surface area contributed by atoms with Crippen LogP contribution in [-0.2, 0) is 6.42 Å². The first-order valence-electron chi connectivity index (χ1n) is 5.07. The topological polar surface area (TPSA) is 89.3 Å². The summed E-state index contributed by atoms with van der Waals surface area (Å²) in [6, 6.07) is 3.93. The molecule has 0 spiro atoms. The zero-order valence-electron chi connectivity index (χ0n) is 9.14. The van der Waals surface area contributed by atoms with Gasteiger partial charge in [0.25, 0.3) is 0 Å². The highest BCUT2D eigenvalue weighted by Gasteiger charge is 2.25. The standard InChI is InChI=1S/C11H15N5/c1-8-2-4-14-9(6-8)7-11(13)15-5-3-10(12)16-11/h2-6,15H,7,13H2,1H3,(H2,12,16). The minimum absolute atomic E-state index is 0.425. The van der Waals surface area contributed by atoms with Crippen molar-refractivity contribution in [2.24, 2.45) is 16.5 Å². The number of rotatable bonds is 2. The van der Waals surface area contributed by atoms with Crippen molar-refractivity contribution in [2.75, 3.05) is 0 Å². The SMILES string of the molecule is Cc1ccnc(CC2(N)N=C(N)C=CN2)c1. The maximum absolute atomic E-state index is 6.06. The van der Waals surface area contributed by atoms with E-state index in [1.807, 2.05) is 19.1 Å². The van der Waals surface area contributed by atoms with Crippen LogP contribution in [0.5, 0.6) is 0 Å². The van der Waals surface area contributed by atoms with Gasteiger partial charge >= 0.3 is 0 Å². The summed E-state index contributed by atoms with van der Waals surface area (Å²) >= 11 is 0. The quantitative estimate of drug-likeness (QED) is 0.651. The van der Waals surface area contributed by atoms with E-state index in [0.717, 1.165) is 11.3 Å². The molecule has 0 aliphatic carbocycles. The Bertz CT molecular complexity index is 451. The van der Waals surface area contributed by atoms with Crippen molar-refractivity contribution in [1.29, 1.82) is 0 Å². The third kappa shape index (κ3) is 2.38. The first-order chi connectivity index (χ1) is 7.57. The maximum atomic E-state index is 6.06. The van der Waals surface area contributed by atoms with E-state index in [1.54, 1.807) is 18.5 Å². The number of pyridine rings is 1. The number of aromatic nitrogens is 1. The highest BCUT2D eigenvalue weighted by Crippen LogP contribution is 2.11. The van der Waals surface area contributed by atoms with Crippen LogP contribution in [0.3, 0.4) is 0 Å². The zero-order chi connectivity index (χ0) is 11.6. The van der Waals surface area contributed by atoms with Gasteiger partial charge in [0, 0.05) is 24.5 Å². The van der Waals surface area contributed by atoms with E-state index in [-0.39, 0.29) is 0 Å². The summed E-state index contributed by atoms with van der Waals surface area (Å²) in [5, 5.41) is 2.98. The molecular formula is C11H15N5. The average Bonchev–Trinajstić information content (AvgIpc) is 2.16. The second-order valence-electron chi connectivity index (χ2n) is 3.94. The fraction of sp³-hybridized carbons (Fsp3) is 0.273. The van der Waals surface area contributed by atoms with Gasteiger partial charge in [0.1, 0.15) is 5.84 Å². The van der Waals surface area contributed by atoms with Gasteiger partial charge in [-0.1, -0.05) is 0 Å². The first kappa shape index (κ1) is 10.6. The van der Waals surface area contributed by atoms with Crippen LogP contribution in [0.2, 0.25) is 0 Å². The van der Waals surface area contributed by atoms with Crippen LogP contribution in [0.25, 0.3) is 0 Å². The smallest absolute Gasteiger partial charge is 0.189 e. The molecule has 0 saturated heterocycles. The van der Waals surface area contributed by atoms with Gasteiger partial charge in [0.15, 0.2) is 5.79 Å². The van der Waals surface area contributed by atoms with E-state index >= 15 is 0 Å². The second kappa shape index (κ2) is 3.94. The molecule has 5 heteroatoms. The molecule has 84 valence electrons. The van der Waals surface area contributed by atoms with Gasteiger partial charge in [-0.25, -0.2) is 4.99 Å². The lowest BCUT2D eigenvalue weighted by molar-refractivity contribution is 0.386. The molecule has 0 amide bonds. The summed E-state index contributed by atoms with van der Waals surface area (Å²) in [6.07, 6.45) is 5.65. The van der Waals surface area contributed by atoms with Crippen LogP contribution < -0.4 is 16.8 Å². The number of nitrogens with zero attached hydrogens (tertiary/aromatic N) is 2. The van der Waals surface area contributed by atoms with E-state index < -0.39 is 5.79 Å². The third-order valence-electron chi connectivity index (χ3n) is 2.34. The summed E-state index contributed by atoms with van der Waals surface area (Å²) in [6.45, 7) is 2.01. The highest BCUT2D eigenvalue weighted by atomic mass is 15.3. The molecule has 1 aliphatic heterocycles. The van der Waals surface area contributed by atoms with Crippen molar-refractivity contribution in [2.45, 2.75) is 19.1 Å². The number of amidine groups is 1. The number of hydrogen-bond acceptors (Lipinski definition) is 5. The molecule has 1 unspecified atom stereocenters. The number of aliphatic imine (C=N–C) groups is 1. The molecule has 0 bridgehead atoms. The van der Waals surface area contributed by atoms with E-state index in [1.165, 1.54) is 0 Å². The first-order valence-corrected chi connectivity index (χ1v) is 5.07. The van der Waals surface area contributed by atoms with Crippen molar-refractivity contribution in [3.05, 3.63) is 41.9 Å². The normalized spacial score (nSPS) is 23.8. The molecule has 0 radical (unpaired) electrons. The van der Waals surface area contributed by atoms with E-state index in [2.05, 4.69) is 15.3 Å². The Labute approximate surface area is 94.3 Å². The van der Waals surface area contributed by atoms with Gasteiger partial charge in [-0.15, -0.1) is 0 Å². The van der Waals surface area contributed by atoms with Crippen LogP contribution in [0.15, 0.2) is 35.6 Å². The van der Waals surface area contributed by atoms with Gasteiger partial charge in [0.05, 0.1) is 0 Å². The average molecular weight is 217 g/mol. The van der Waals surface area contributed by atoms with Crippen LogP contribution in [0.1, 0.15) is 11.3 Å². The molecule has 1 aromatic heterocycles. The Morgan fingerprint density at radius 3 is 3.00 bits per heavy atom. The lowest BCUT2D eigenvalue weighted by Gasteiger charge is -2.28. The van der Waals surface area contributed by atoms with Crippen molar-refractivity contribution in [1.82, 2.24) is 10.3 Å². The van der Waals surface area contributed by atoms with Crippen molar-refractivity contribution < 1.29 is 0 Å². The second-order valence-corrected chi connectivity index (χ2v) is 3.94. The van der Waals surface area contributed by atoms with Gasteiger partial charge in [-0.05, 0) is 30.7 Å². The van der Waals surface area contributed by atoms with Crippen LogP contribution in [-0.4, -0.2) is 16.6 Å². The largest absolute Gasteiger partial charge is 0.384 e. The van der Waals surface area contributed by atoms with Crippen molar-refractivity contribution >= 4 is 5.84 Å². The fourth-order valence-electron chi connectivity index (χ4n) is 1.63. The molecule has 0 aromatic carbocycles. The Balaban J connectivity index is 2.18. The Morgan fingerprint density at radius 1 is 1.50 bits per heavy atom. The van der Waals surface area contributed by atoms with Crippen LogP contribution in [0, 0.1) is 6.92 Å². The summed E-state index contributed by atoms with van der Waals surface area (Å²) < 4.78 is 0. The van der Waals surface area contributed by atoms with Crippen LogP contribution >= 0.6 is 0 Å². The van der Waals surface area contributed by atoms with Gasteiger partial charge in [-0.3, -0.25) is 10.7 Å². The molecule has 0 saturated carbocycles. The monoisotopic (exact) mass is 217 g/mol. The molecule has 1 atom stereocenters.